The minimum atomic E-state index is 0.0927. The number of aromatic hydroxyl groups is 1. The van der Waals surface area contributed by atoms with Gasteiger partial charge in [-0.3, -0.25) is 0 Å². The molecule has 0 aliphatic rings. The normalized spacial score (nSPS) is 10.8. The molecule has 0 radical (unpaired) electrons. The topological polar surface area (TPSA) is 68.9 Å². The van der Waals surface area contributed by atoms with Gasteiger partial charge in [-0.2, -0.15) is 5.10 Å². The van der Waals surface area contributed by atoms with Crippen LogP contribution in [0.15, 0.2) is 60.8 Å². The molecule has 0 atom stereocenters. The summed E-state index contributed by atoms with van der Waals surface area (Å²) in [7, 11) is 3.16. The summed E-state index contributed by atoms with van der Waals surface area (Å²) >= 11 is 0. The van der Waals surface area contributed by atoms with E-state index in [9.17, 15) is 5.11 Å². The Hall–Kier alpha value is -3.54. The molecule has 0 amide bonds. The van der Waals surface area contributed by atoms with Gasteiger partial charge in [0.05, 0.1) is 31.8 Å². The summed E-state index contributed by atoms with van der Waals surface area (Å²) in [4.78, 5) is 4.41. The van der Waals surface area contributed by atoms with Gasteiger partial charge < -0.3 is 14.6 Å². The maximum atomic E-state index is 9.81. The quantitative estimate of drug-likeness (QED) is 0.608. The summed E-state index contributed by atoms with van der Waals surface area (Å²) in [6.45, 7) is 0. The average molecular weight is 347 g/mol. The van der Waals surface area contributed by atoms with Crippen LogP contribution in [0.2, 0.25) is 0 Å². The van der Waals surface area contributed by atoms with Gasteiger partial charge in [-0.05, 0) is 42.5 Å². The van der Waals surface area contributed by atoms with E-state index >= 15 is 0 Å². The van der Waals surface area contributed by atoms with Crippen LogP contribution in [0.1, 0.15) is 0 Å². The van der Waals surface area contributed by atoms with Crippen molar-refractivity contribution in [1.29, 1.82) is 0 Å². The van der Waals surface area contributed by atoms with Crippen molar-refractivity contribution >= 4 is 5.65 Å². The van der Waals surface area contributed by atoms with Crippen LogP contribution in [0, 0.1) is 0 Å². The van der Waals surface area contributed by atoms with Crippen LogP contribution in [0.3, 0.4) is 0 Å². The fourth-order valence-corrected chi connectivity index (χ4v) is 2.84. The SMILES string of the molecule is COc1cccc(-c2ccc3ncc(-c4ccc(O)c(OC)c4)n3n2)c1. The number of phenolic OH excluding ortho intramolecular Hbond substituents is 1. The van der Waals surface area contributed by atoms with Crippen molar-refractivity contribution in [3.05, 3.63) is 60.8 Å². The Bertz CT molecular complexity index is 1090. The Balaban J connectivity index is 1.85. The lowest BCUT2D eigenvalue weighted by molar-refractivity contribution is 0.373. The highest BCUT2D eigenvalue weighted by molar-refractivity contribution is 5.68. The van der Waals surface area contributed by atoms with Gasteiger partial charge in [-0.1, -0.05) is 12.1 Å². The summed E-state index contributed by atoms with van der Waals surface area (Å²) in [6.07, 6.45) is 1.75. The van der Waals surface area contributed by atoms with Crippen molar-refractivity contribution in [3.8, 4) is 39.8 Å². The average Bonchev–Trinajstić information content (AvgIpc) is 3.11. The minimum absolute atomic E-state index is 0.0927. The highest BCUT2D eigenvalue weighted by Crippen LogP contribution is 2.32. The third-order valence-electron chi connectivity index (χ3n) is 4.20. The Morgan fingerprint density at radius 1 is 0.923 bits per heavy atom. The largest absolute Gasteiger partial charge is 0.504 e. The number of methoxy groups -OCH3 is 2. The van der Waals surface area contributed by atoms with E-state index in [1.165, 1.54) is 7.11 Å². The van der Waals surface area contributed by atoms with Crippen LogP contribution in [0.4, 0.5) is 0 Å². The molecule has 0 aliphatic carbocycles. The number of fused-ring (bicyclic) bond motifs is 1. The molecule has 0 unspecified atom stereocenters. The van der Waals surface area contributed by atoms with Crippen LogP contribution in [0.25, 0.3) is 28.2 Å². The zero-order valence-electron chi connectivity index (χ0n) is 14.4. The van der Waals surface area contributed by atoms with E-state index in [0.29, 0.717) is 5.75 Å². The summed E-state index contributed by atoms with van der Waals surface area (Å²) < 4.78 is 12.3. The van der Waals surface area contributed by atoms with Crippen LogP contribution < -0.4 is 9.47 Å². The fraction of sp³-hybridized carbons (Fsp3) is 0.100. The van der Waals surface area contributed by atoms with E-state index in [1.54, 1.807) is 36.0 Å². The van der Waals surface area contributed by atoms with Gasteiger partial charge in [0.25, 0.3) is 0 Å². The first-order valence-electron chi connectivity index (χ1n) is 8.06. The van der Waals surface area contributed by atoms with Gasteiger partial charge in [0, 0.05) is 11.1 Å². The van der Waals surface area contributed by atoms with Gasteiger partial charge in [-0.25, -0.2) is 9.50 Å². The first-order valence-corrected chi connectivity index (χ1v) is 8.06. The zero-order chi connectivity index (χ0) is 18.1. The predicted octanol–water partition coefficient (Wildman–Crippen LogP) is 3.79. The molecular weight excluding hydrogens is 330 g/mol. The highest BCUT2D eigenvalue weighted by Gasteiger charge is 2.12. The second-order valence-electron chi connectivity index (χ2n) is 5.75. The molecule has 130 valence electrons. The summed E-state index contributed by atoms with van der Waals surface area (Å²) in [5, 5.41) is 14.5. The van der Waals surface area contributed by atoms with E-state index in [-0.39, 0.29) is 5.75 Å². The molecule has 4 rings (SSSR count). The van der Waals surface area contributed by atoms with E-state index in [2.05, 4.69) is 4.98 Å². The zero-order valence-corrected chi connectivity index (χ0v) is 14.4. The summed E-state index contributed by atoms with van der Waals surface area (Å²) in [5.41, 5.74) is 4.15. The molecule has 4 aromatic rings. The Morgan fingerprint density at radius 2 is 1.81 bits per heavy atom. The third-order valence-corrected chi connectivity index (χ3v) is 4.20. The molecule has 0 bridgehead atoms. The molecule has 0 fully saturated rings. The molecule has 0 spiro atoms. The molecule has 1 N–H and O–H groups in total. The number of aromatic nitrogens is 3. The Labute approximate surface area is 150 Å². The van der Waals surface area contributed by atoms with Crippen molar-refractivity contribution in [3.63, 3.8) is 0 Å². The van der Waals surface area contributed by atoms with Crippen LogP contribution >= 0.6 is 0 Å². The first-order chi connectivity index (χ1) is 12.7. The Morgan fingerprint density at radius 3 is 2.62 bits per heavy atom. The molecule has 2 aromatic carbocycles. The number of hydrogen-bond donors (Lipinski definition) is 1. The molecule has 0 aliphatic heterocycles. The van der Waals surface area contributed by atoms with Crippen molar-refractivity contribution in [2.45, 2.75) is 0 Å². The van der Waals surface area contributed by atoms with Crippen LogP contribution in [-0.4, -0.2) is 33.9 Å². The predicted molar refractivity (Wildman–Crippen MR) is 98.6 cm³/mol. The second-order valence-corrected chi connectivity index (χ2v) is 5.75. The van der Waals surface area contributed by atoms with Crippen LogP contribution in [-0.2, 0) is 0 Å². The number of phenols is 1. The lowest BCUT2D eigenvalue weighted by atomic mass is 10.1. The second kappa shape index (κ2) is 6.40. The van der Waals surface area contributed by atoms with Crippen molar-refractivity contribution in [1.82, 2.24) is 14.6 Å². The minimum Gasteiger partial charge on any atom is -0.504 e. The number of hydrogen-bond acceptors (Lipinski definition) is 5. The van der Waals surface area contributed by atoms with Gasteiger partial charge in [0.15, 0.2) is 17.1 Å². The molecule has 26 heavy (non-hydrogen) atoms. The summed E-state index contributed by atoms with van der Waals surface area (Å²) in [6, 6.07) is 16.8. The van der Waals surface area contributed by atoms with E-state index in [4.69, 9.17) is 14.6 Å². The molecule has 2 heterocycles. The maximum Gasteiger partial charge on any atom is 0.161 e. The maximum absolute atomic E-state index is 9.81. The Kier molecular flexibility index (Phi) is 3.93. The fourth-order valence-electron chi connectivity index (χ4n) is 2.84. The number of benzene rings is 2. The van der Waals surface area contributed by atoms with E-state index in [0.717, 1.165) is 33.9 Å². The smallest absolute Gasteiger partial charge is 0.161 e. The molecule has 0 saturated carbocycles. The monoisotopic (exact) mass is 347 g/mol. The van der Waals surface area contributed by atoms with Crippen molar-refractivity contribution in [2.24, 2.45) is 0 Å². The van der Waals surface area contributed by atoms with Gasteiger partial charge in [-0.15, -0.1) is 0 Å². The van der Waals surface area contributed by atoms with E-state index < -0.39 is 0 Å². The number of ether oxygens (including phenoxy) is 2. The molecule has 6 heteroatoms. The van der Waals surface area contributed by atoms with Crippen molar-refractivity contribution in [2.75, 3.05) is 14.2 Å². The third kappa shape index (κ3) is 2.71. The lowest BCUT2D eigenvalue weighted by Gasteiger charge is -2.08. The molecular formula is C20H17N3O3. The lowest BCUT2D eigenvalue weighted by Crippen LogP contribution is -1.97. The standard InChI is InChI=1S/C20H17N3O3/c1-25-15-5-3-4-13(10-15)16-7-9-20-21-12-17(23(20)22-16)14-6-8-18(24)19(11-14)26-2/h3-12,24H,1-2H3. The van der Waals surface area contributed by atoms with Crippen molar-refractivity contribution < 1.29 is 14.6 Å². The van der Waals surface area contributed by atoms with Crippen LogP contribution in [0.5, 0.6) is 17.2 Å². The summed E-state index contributed by atoms with van der Waals surface area (Å²) in [5.74, 6) is 1.27. The molecule has 6 nitrogen and oxygen atoms in total. The highest BCUT2D eigenvalue weighted by atomic mass is 16.5. The van der Waals surface area contributed by atoms with Gasteiger partial charge in [0.2, 0.25) is 0 Å². The molecule has 2 aromatic heterocycles. The molecule has 0 saturated heterocycles. The first kappa shape index (κ1) is 16.0. The number of imidazole rings is 1. The number of rotatable bonds is 4. The van der Waals surface area contributed by atoms with Gasteiger partial charge >= 0.3 is 0 Å². The van der Waals surface area contributed by atoms with E-state index in [1.807, 2.05) is 36.4 Å². The van der Waals surface area contributed by atoms with Gasteiger partial charge in [0.1, 0.15) is 5.75 Å². The number of nitrogens with zero attached hydrogens (tertiary/aromatic N) is 3.